The molecule has 3 nitrogen and oxygen atoms in total. The quantitative estimate of drug-likeness (QED) is 0.837. The maximum atomic E-state index is 13.3. The van der Waals surface area contributed by atoms with Crippen molar-refractivity contribution in [2.24, 2.45) is 0 Å². The van der Waals surface area contributed by atoms with Crippen molar-refractivity contribution in [2.45, 2.75) is 44.6 Å². The van der Waals surface area contributed by atoms with E-state index in [-0.39, 0.29) is 5.82 Å². The van der Waals surface area contributed by atoms with Gasteiger partial charge in [0, 0.05) is 19.1 Å². The molecule has 0 saturated carbocycles. The lowest BCUT2D eigenvalue weighted by molar-refractivity contribution is 0.182. The fourth-order valence-corrected chi connectivity index (χ4v) is 3.81. The second kappa shape index (κ2) is 7.11. The molecule has 3 rings (SSSR count). The van der Waals surface area contributed by atoms with Gasteiger partial charge < -0.3 is 4.90 Å². The van der Waals surface area contributed by atoms with E-state index in [1.807, 2.05) is 0 Å². The highest BCUT2D eigenvalue weighted by Crippen LogP contribution is 2.27. The van der Waals surface area contributed by atoms with E-state index in [2.05, 4.69) is 15.9 Å². The maximum Gasteiger partial charge on any atom is 0.124 e. The van der Waals surface area contributed by atoms with Crippen LogP contribution >= 0.6 is 0 Å². The normalized spacial score (nSPS) is 23.8. The van der Waals surface area contributed by atoms with Crippen molar-refractivity contribution in [1.29, 1.82) is 5.26 Å². The van der Waals surface area contributed by atoms with E-state index in [9.17, 15) is 9.65 Å². The lowest BCUT2D eigenvalue weighted by Gasteiger charge is -2.40. The Labute approximate surface area is 132 Å². The summed E-state index contributed by atoms with van der Waals surface area (Å²) in [6.07, 6.45) is 7.68. The van der Waals surface area contributed by atoms with Crippen LogP contribution in [-0.4, -0.2) is 37.1 Å². The number of nitrogens with zero attached hydrogens (tertiary/aromatic N) is 3. The maximum absolute atomic E-state index is 13.3. The number of rotatable bonds is 2. The van der Waals surface area contributed by atoms with Crippen molar-refractivity contribution in [3.8, 4) is 6.07 Å². The van der Waals surface area contributed by atoms with Gasteiger partial charge in [-0.25, -0.2) is 4.39 Å². The molecule has 4 heteroatoms. The van der Waals surface area contributed by atoms with Gasteiger partial charge in [0.25, 0.3) is 0 Å². The lowest BCUT2D eigenvalue weighted by Crippen LogP contribution is -2.48. The molecule has 2 aliphatic heterocycles. The van der Waals surface area contributed by atoms with Crippen LogP contribution in [0.5, 0.6) is 0 Å². The fourth-order valence-electron chi connectivity index (χ4n) is 3.81. The van der Waals surface area contributed by atoms with Crippen molar-refractivity contribution in [3.63, 3.8) is 0 Å². The third-order valence-electron chi connectivity index (χ3n) is 4.97. The Kier molecular flexibility index (Phi) is 4.94. The van der Waals surface area contributed by atoms with Crippen LogP contribution in [0.25, 0.3) is 0 Å². The number of piperidine rings is 1. The summed E-state index contributed by atoms with van der Waals surface area (Å²) in [6.45, 7) is 4.32. The van der Waals surface area contributed by atoms with E-state index < -0.39 is 0 Å². The lowest BCUT2D eigenvalue weighted by atomic mass is 10.0. The molecule has 22 heavy (non-hydrogen) atoms. The Bertz CT molecular complexity index is 544. The Morgan fingerprint density at radius 2 is 1.82 bits per heavy atom. The Morgan fingerprint density at radius 3 is 2.55 bits per heavy atom. The molecule has 0 radical (unpaired) electrons. The van der Waals surface area contributed by atoms with Crippen LogP contribution in [0.1, 0.15) is 44.1 Å². The second-order valence-electron chi connectivity index (χ2n) is 6.47. The van der Waals surface area contributed by atoms with Gasteiger partial charge in [-0.3, -0.25) is 4.90 Å². The Balaban J connectivity index is 1.74. The summed E-state index contributed by atoms with van der Waals surface area (Å²) in [5, 5.41) is 9.27. The van der Waals surface area contributed by atoms with Crippen molar-refractivity contribution < 1.29 is 4.39 Å². The Hall–Kier alpha value is -1.60. The molecule has 1 aromatic rings. The van der Waals surface area contributed by atoms with E-state index in [1.54, 1.807) is 6.07 Å². The zero-order valence-electron chi connectivity index (χ0n) is 13.1. The summed E-state index contributed by atoms with van der Waals surface area (Å²) in [4.78, 5) is 4.91. The molecule has 0 bridgehead atoms. The number of hydrogen-bond acceptors (Lipinski definition) is 3. The molecule has 0 N–H and O–H groups in total. The molecule has 0 aromatic heterocycles. The van der Waals surface area contributed by atoms with E-state index in [1.165, 1.54) is 57.3 Å². The first-order valence-corrected chi connectivity index (χ1v) is 8.46. The van der Waals surface area contributed by atoms with Gasteiger partial charge in [-0.15, -0.1) is 0 Å². The standard InChI is InChI=1S/C18H24FN3/c19-16-7-8-18(15(12-16)13-20)22-11-5-6-17(14-22)21-9-3-1-2-4-10-21/h7-8,12,17H,1-6,9-11,14H2. The highest BCUT2D eigenvalue weighted by atomic mass is 19.1. The smallest absolute Gasteiger partial charge is 0.124 e. The van der Waals surface area contributed by atoms with Crippen LogP contribution < -0.4 is 4.90 Å². The third kappa shape index (κ3) is 3.41. The minimum absolute atomic E-state index is 0.332. The summed E-state index contributed by atoms with van der Waals surface area (Å²) < 4.78 is 13.3. The number of hydrogen-bond donors (Lipinski definition) is 0. The zero-order chi connectivity index (χ0) is 15.4. The SMILES string of the molecule is N#Cc1cc(F)ccc1N1CCCC(N2CCCCCC2)C1. The summed E-state index contributed by atoms with van der Waals surface area (Å²) in [5.74, 6) is -0.332. The van der Waals surface area contributed by atoms with Gasteiger partial charge in [-0.1, -0.05) is 12.8 Å². The second-order valence-corrected chi connectivity index (χ2v) is 6.47. The van der Waals surface area contributed by atoms with Crippen LogP contribution in [0.15, 0.2) is 18.2 Å². The fraction of sp³-hybridized carbons (Fsp3) is 0.611. The van der Waals surface area contributed by atoms with Gasteiger partial charge >= 0.3 is 0 Å². The molecular formula is C18H24FN3. The highest BCUT2D eigenvalue weighted by molar-refractivity contribution is 5.59. The largest absolute Gasteiger partial charge is 0.369 e. The predicted molar refractivity (Wildman–Crippen MR) is 86.4 cm³/mol. The molecule has 0 amide bonds. The van der Waals surface area contributed by atoms with Crippen molar-refractivity contribution in [3.05, 3.63) is 29.6 Å². The number of anilines is 1. The molecule has 2 fully saturated rings. The number of nitriles is 1. The number of halogens is 1. The molecule has 0 aliphatic carbocycles. The average Bonchev–Trinajstić information content (AvgIpc) is 2.84. The first-order valence-electron chi connectivity index (χ1n) is 8.46. The van der Waals surface area contributed by atoms with Crippen LogP contribution in [-0.2, 0) is 0 Å². The topological polar surface area (TPSA) is 30.3 Å². The van der Waals surface area contributed by atoms with Crippen molar-refractivity contribution in [2.75, 3.05) is 31.1 Å². The van der Waals surface area contributed by atoms with Gasteiger partial charge in [-0.05, 0) is 57.0 Å². The van der Waals surface area contributed by atoms with E-state index in [0.717, 1.165) is 25.2 Å². The molecule has 0 spiro atoms. The van der Waals surface area contributed by atoms with E-state index in [0.29, 0.717) is 11.6 Å². The molecule has 1 unspecified atom stereocenters. The molecule has 1 aromatic carbocycles. The number of benzene rings is 1. The van der Waals surface area contributed by atoms with Gasteiger partial charge in [0.2, 0.25) is 0 Å². The summed E-state index contributed by atoms with van der Waals surface area (Å²) in [6, 6.07) is 7.29. The molecule has 2 heterocycles. The average molecular weight is 301 g/mol. The monoisotopic (exact) mass is 301 g/mol. The minimum atomic E-state index is -0.332. The van der Waals surface area contributed by atoms with Gasteiger partial charge in [0.15, 0.2) is 0 Å². The van der Waals surface area contributed by atoms with E-state index in [4.69, 9.17) is 0 Å². The predicted octanol–water partition coefficient (Wildman–Crippen LogP) is 3.54. The Morgan fingerprint density at radius 1 is 1.05 bits per heavy atom. The first-order chi connectivity index (χ1) is 10.8. The summed E-state index contributed by atoms with van der Waals surface area (Å²) in [7, 11) is 0. The minimum Gasteiger partial charge on any atom is -0.369 e. The van der Waals surface area contributed by atoms with Crippen LogP contribution in [0, 0.1) is 17.1 Å². The van der Waals surface area contributed by atoms with Crippen molar-refractivity contribution in [1.82, 2.24) is 4.90 Å². The number of likely N-dealkylation sites (tertiary alicyclic amines) is 1. The van der Waals surface area contributed by atoms with Gasteiger partial charge in [0.1, 0.15) is 11.9 Å². The van der Waals surface area contributed by atoms with Crippen LogP contribution in [0.3, 0.4) is 0 Å². The van der Waals surface area contributed by atoms with Gasteiger partial charge in [0.05, 0.1) is 11.3 Å². The first kappa shape index (κ1) is 15.3. The summed E-state index contributed by atoms with van der Waals surface area (Å²) >= 11 is 0. The highest BCUT2D eigenvalue weighted by Gasteiger charge is 2.26. The van der Waals surface area contributed by atoms with Gasteiger partial charge in [-0.2, -0.15) is 5.26 Å². The van der Waals surface area contributed by atoms with E-state index >= 15 is 0 Å². The third-order valence-corrected chi connectivity index (χ3v) is 4.97. The summed E-state index contributed by atoms with van der Waals surface area (Å²) in [5.41, 5.74) is 1.35. The molecule has 1 atom stereocenters. The molecule has 2 saturated heterocycles. The molecule has 2 aliphatic rings. The molecular weight excluding hydrogens is 277 g/mol. The molecule has 118 valence electrons. The van der Waals surface area contributed by atoms with Crippen LogP contribution in [0.4, 0.5) is 10.1 Å². The van der Waals surface area contributed by atoms with Crippen molar-refractivity contribution >= 4 is 5.69 Å². The van der Waals surface area contributed by atoms with Crippen LogP contribution in [0.2, 0.25) is 0 Å². The zero-order valence-corrected chi connectivity index (χ0v) is 13.1.